The molecule has 0 spiro atoms. The van der Waals surface area contributed by atoms with Crippen LogP contribution in [0.25, 0.3) is 0 Å². The summed E-state index contributed by atoms with van der Waals surface area (Å²) in [7, 11) is 0. The highest BCUT2D eigenvalue weighted by molar-refractivity contribution is 5.14. The van der Waals surface area contributed by atoms with Crippen molar-refractivity contribution in [2.24, 2.45) is 11.5 Å². The maximum atomic E-state index is 12.6. The van der Waals surface area contributed by atoms with Gasteiger partial charge in [0.2, 0.25) is 0 Å². The number of hydrogen-bond donors (Lipinski definition) is 3. The Bertz CT molecular complexity index is 334. The number of hydrogen-bond acceptors (Lipinski definition) is 4. The van der Waals surface area contributed by atoms with Crippen molar-refractivity contribution < 1.29 is 4.39 Å². The van der Waals surface area contributed by atoms with Gasteiger partial charge in [0.15, 0.2) is 0 Å². The van der Waals surface area contributed by atoms with Gasteiger partial charge in [-0.05, 0) is 31.3 Å². The van der Waals surface area contributed by atoms with E-state index in [4.69, 9.17) is 11.5 Å². The van der Waals surface area contributed by atoms with E-state index in [9.17, 15) is 4.39 Å². The number of halogens is 1. The smallest absolute Gasteiger partial charge is 0.141 e. The Kier molecular flexibility index (Phi) is 4.88. The van der Waals surface area contributed by atoms with E-state index in [-0.39, 0.29) is 17.9 Å². The summed E-state index contributed by atoms with van der Waals surface area (Å²) in [5.74, 6) is -0.366. The number of nitrogens with one attached hydrogen (secondary N) is 1. The topological polar surface area (TPSA) is 77.0 Å². The van der Waals surface area contributed by atoms with E-state index < -0.39 is 0 Å². The summed E-state index contributed by atoms with van der Waals surface area (Å²) in [6, 6.07) is 2.65. The van der Waals surface area contributed by atoms with Crippen LogP contribution in [0.4, 0.5) is 4.39 Å². The fourth-order valence-corrected chi connectivity index (χ4v) is 1.11. The van der Waals surface area contributed by atoms with Crippen LogP contribution < -0.4 is 16.8 Å². The molecule has 1 aromatic heterocycles. The fraction of sp³-hybridized carbons (Fsp3) is 0.364. The summed E-state index contributed by atoms with van der Waals surface area (Å²) in [6.45, 7) is 2.59. The molecule has 1 rings (SSSR count). The van der Waals surface area contributed by atoms with Gasteiger partial charge in [-0.15, -0.1) is 0 Å². The summed E-state index contributed by atoms with van der Waals surface area (Å²) >= 11 is 0. The largest absolute Gasteiger partial charge is 0.390 e. The lowest BCUT2D eigenvalue weighted by molar-refractivity contribution is 0.617. The maximum Gasteiger partial charge on any atom is 0.141 e. The molecule has 4 nitrogen and oxygen atoms in total. The van der Waals surface area contributed by atoms with Crippen LogP contribution in [0.5, 0.6) is 0 Å². The summed E-state index contributed by atoms with van der Waals surface area (Å²) in [6.07, 6.45) is 4.64. The van der Waals surface area contributed by atoms with Crippen LogP contribution in [-0.4, -0.2) is 17.6 Å². The summed E-state index contributed by atoms with van der Waals surface area (Å²) in [5.41, 5.74) is 12.0. The van der Waals surface area contributed by atoms with Crippen molar-refractivity contribution in [3.8, 4) is 0 Å². The molecule has 5 N–H and O–H groups in total. The van der Waals surface area contributed by atoms with Crippen LogP contribution >= 0.6 is 0 Å². The molecule has 0 bridgehead atoms. The number of nitrogens with zero attached hydrogens (tertiary/aromatic N) is 1. The monoisotopic (exact) mass is 224 g/mol. The van der Waals surface area contributed by atoms with Crippen LogP contribution in [0.15, 0.2) is 30.6 Å². The van der Waals surface area contributed by atoms with Gasteiger partial charge >= 0.3 is 0 Å². The highest BCUT2D eigenvalue weighted by Gasteiger charge is 2.02. The Morgan fingerprint density at radius 2 is 2.25 bits per heavy atom. The lowest BCUT2D eigenvalue weighted by atomic mass is 10.2. The molecule has 0 amide bonds. The average molecular weight is 224 g/mol. The molecular weight excluding hydrogens is 207 g/mol. The third kappa shape index (κ3) is 4.37. The van der Waals surface area contributed by atoms with E-state index in [0.29, 0.717) is 12.2 Å². The Morgan fingerprint density at radius 1 is 1.50 bits per heavy atom. The van der Waals surface area contributed by atoms with E-state index in [0.717, 1.165) is 6.20 Å². The van der Waals surface area contributed by atoms with Crippen LogP contribution in [0.1, 0.15) is 18.7 Å². The number of aromatic nitrogens is 1. The van der Waals surface area contributed by atoms with Gasteiger partial charge in [0, 0.05) is 12.6 Å². The molecule has 0 saturated carbocycles. The lowest BCUT2D eigenvalue weighted by Crippen LogP contribution is -2.28. The minimum absolute atomic E-state index is 0.0878. The van der Waals surface area contributed by atoms with Gasteiger partial charge in [-0.1, -0.05) is 0 Å². The first-order chi connectivity index (χ1) is 7.59. The first-order valence-corrected chi connectivity index (χ1v) is 5.12. The standard InChI is InChI=1S/C11H17FN4/c1-8(13)6-15-5-4-10(14)11-3-2-9(12)7-16-11/h2-5,7-8,10,15H,6,13-14H2,1H3/b5-4-. The van der Waals surface area contributed by atoms with Crippen molar-refractivity contribution >= 4 is 0 Å². The van der Waals surface area contributed by atoms with Crippen molar-refractivity contribution in [3.63, 3.8) is 0 Å². The summed E-state index contributed by atoms with van der Waals surface area (Å²) < 4.78 is 12.6. The first-order valence-electron chi connectivity index (χ1n) is 5.12. The van der Waals surface area contributed by atoms with Gasteiger partial charge in [-0.3, -0.25) is 4.98 Å². The molecule has 0 aliphatic heterocycles. The molecule has 0 saturated heterocycles. The highest BCUT2D eigenvalue weighted by Crippen LogP contribution is 2.08. The SMILES string of the molecule is CC(N)CN/C=C\C(N)c1ccc(F)cn1. The van der Waals surface area contributed by atoms with Crippen molar-refractivity contribution in [2.45, 2.75) is 19.0 Å². The Labute approximate surface area is 94.5 Å². The molecular formula is C11H17FN4. The van der Waals surface area contributed by atoms with E-state index in [1.807, 2.05) is 6.92 Å². The molecule has 16 heavy (non-hydrogen) atoms. The van der Waals surface area contributed by atoms with Crippen LogP contribution in [0.3, 0.4) is 0 Å². The first kappa shape index (κ1) is 12.6. The Morgan fingerprint density at radius 3 is 2.81 bits per heavy atom. The van der Waals surface area contributed by atoms with E-state index in [2.05, 4.69) is 10.3 Å². The van der Waals surface area contributed by atoms with Gasteiger partial charge in [-0.2, -0.15) is 0 Å². The Balaban J connectivity index is 2.45. The molecule has 2 atom stereocenters. The third-order valence-electron chi connectivity index (χ3n) is 1.95. The molecule has 0 aliphatic carbocycles. The van der Waals surface area contributed by atoms with Crippen molar-refractivity contribution in [1.29, 1.82) is 0 Å². The average Bonchev–Trinajstić information content (AvgIpc) is 2.25. The van der Waals surface area contributed by atoms with Gasteiger partial charge in [-0.25, -0.2) is 4.39 Å². The predicted octanol–water partition coefficient (Wildman–Crippen LogP) is 0.671. The predicted molar refractivity (Wildman–Crippen MR) is 61.9 cm³/mol. The number of rotatable bonds is 5. The third-order valence-corrected chi connectivity index (χ3v) is 1.95. The molecule has 1 aromatic rings. The zero-order valence-corrected chi connectivity index (χ0v) is 9.23. The van der Waals surface area contributed by atoms with E-state index in [1.165, 1.54) is 6.07 Å². The molecule has 0 radical (unpaired) electrons. The van der Waals surface area contributed by atoms with Crippen LogP contribution in [0, 0.1) is 5.82 Å². The number of nitrogens with two attached hydrogens (primary N) is 2. The van der Waals surface area contributed by atoms with Gasteiger partial charge in [0.25, 0.3) is 0 Å². The lowest BCUT2D eigenvalue weighted by Gasteiger charge is -2.07. The van der Waals surface area contributed by atoms with Crippen LogP contribution in [0.2, 0.25) is 0 Å². The fourth-order valence-electron chi connectivity index (χ4n) is 1.11. The second kappa shape index (κ2) is 6.19. The van der Waals surface area contributed by atoms with E-state index in [1.54, 1.807) is 18.3 Å². The molecule has 0 aromatic carbocycles. The molecule has 5 heteroatoms. The molecule has 0 aliphatic rings. The van der Waals surface area contributed by atoms with Crippen molar-refractivity contribution in [1.82, 2.24) is 10.3 Å². The minimum atomic E-state index is -0.366. The van der Waals surface area contributed by atoms with Crippen molar-refractivity contribution in [3.05, 3.63) is 42.1 Å². The zero-order valence-electron chi connectivity index (χ0n) is 9.23. The summed E-state index contributed by atoms with van der Waals surface area (Å²) in [4.78, 5) is 3.89. The minimum Gasteiger partial charge on any atom is -0.390 e. The van der Waals surface area contributed by atoms with Gasteiger partial charge in [0.05, 0.1) is 17.9 Å². The van der Waals surface area contributed by atoms with E-state index >= 15 is 0 Å². The summed E-state index contributed by atoms with van der Waals surface area (Å²) in [5, 5.41) is 3.01. The second-order valence-electron chi connectivity index (χ2n) is 3.67. The van der Waals surface area contributed by atoms with Crippen molar-refractivity contribution in [2.75, 3.05) is 6.54 Å². The quantitative estimate of drug-likeness (QED) is 0.687. The Hall–Kier alpha value is -1.46. The molecule has 2 unspecified atom stereocenters. The molecule has 88 valence electrons. The maximum absolute atomic E-state index is 12.6. The highest BCUT2D eigenvalue weighted by atomic mass is 19.1. The van der Waals surface area contributed by atoms with Gasteiger partial charge in [0.1, 0.15) is 5.82 Å². The normalized spacial score (nSPS) is 15.0. The van der Waals surface area contributed by atoms with Crippen LogP contribution in [-0.2, 0) is 0 Å². The molecule has 0 fully saturated rings. The zero-order chi connectivity index (χ0) is 12.0. The second-order valence-corrected chi connectivity index (χ2v) is 3.67. The van der Waals surface area contributed by atoms with Gasteiger partial charge < -0.3 is 16.8 Å². The molecule has 1 heterocycles. The number of pyridine rings is 1.